The van der Waals surface area contributed by atoms with E-state index in [9.17, 15) is 5.11 Å². The normalized spacial score (nSPS) is 26.8. The molecule has 1 heterocycles. The Kier molecular flexibility index (Phi) is 5.99. The Balaban J connectivity index is 0.00000121. The summed E-state index contributed by atoms with van der Waals surface area (Å²) in [5, 5.41) is 10.2. The smallest absolute Gasteiger partial charge is 0.854 e. The minimum Gasteiger partial charge on any atom is -0.854 e. The minimum atomic E-state index is -0.437. The Bertz CT molecular complexity index is 127. The van der Waals surface area contributed by atoms with E-state index in [0.717, 1.165) is 6.42 Å². The molecular weight excluding hydrogens is 167 g/mol. The van der Waals surface area contributed by atoms with E-state index in [4.69, 9.17) is 9.47 Å². The number of ether oxygens (including phenoxy) is 2. The summed E-state index contributed by atoms with van der Waals surface area (Å²) in [6, 6.07) is 0. The molecule has 1 saturated heterocycles. The Morgan fingerprint density at radius 1 is 1.50 bits per heavy atom. The number of hydrogen-bond donors (Lipinski definition) is 0. The molecule has 0 aliphatic carbocycles. The van der Waals surface area contributed by atoms with Crippen molar-refractivity contribution >= 4 is 0 Å². The van der Waals surface area contributed by atoms with Crippen LogP contribution in [0.2, 0.25) is 0 Å². The minimum absolute atomic E-state index is 0. The van der Waals surface area contributed by atoms with E-state index in [0.29, 0.717) is 13.0 Å². The molecule has 0 aromatic rings. The molecule has 3 nitrogen and oxygen atoms in total. The van der Waals surface area contributed by atoms with Gasteiger partial charge in [-0.1, -0.05) is 6.42 Å². The topological polar surface area (TPSA) is 41.5 Å². The van der Waals surface area contributed by atoms with Gasteiger partial charge in [-0.15, -0.1) is 6.61 Å². The van der Waals surface area contributed by atoms with Crippen LogP contribution in [0, 0.1) is 0 Å². The van der Waals surface area contributed by atoms with E-state index in [1.54, 1.807) is 0 Å². The second-order valence-corrected chi connectivity index (χ2v) is 3.30. The van der Waals surface area contributed by atoms with Crippen molar-refractivity contribution in [2.45, 2.75) is 38.6 Å². The summed E-state index contributed by atoms with van der Waals surface area (Å²) >= 11 is 0. The average Bonchev–Trinajstić information content (AvgIpc) is 2.26. The van der Waals surface area contributed by atoms with Crippen molar-refractivity contribution in [3.63, 3.8) is 0 Å². The molecule has 1 atom stereocenters. The predicted octanol–water partition coefficient (Wildman–Crippen LogP) is -2.72. The first-order chi connectivity index (χ1) is 5.14. The first kappa shape index (κ1) is 12.9. The fraction of sp³-hybridized carbons (Fsp3) is 1.00. The van der Waals surface area contributed by atoms with Gasteiger partial charge in [0.15, 0.2) is 5.79 Å². The summed E-state index contributed by atoms with van der Waals surface area (Å²) < 4.78 is 10.8. The third-order valence-electron chi connectivity index (χ3n) is 1.74. The van der Waals surface area contributed by atoms with E-state index in [1.807, 2.05) is 13.8 Å². The molecule has 66 valence electrons. The van der Waals surface area contributed by atoms with Crippen LogP contribution in [0.1, 0.15) is 26.7 Å². The molecule has 1 aliphatic heterocycles. The van der Waals surface area contributed by atoms with Gasteiger partial charge in [-0.2, -0.15) is 0 Å². The van der Waals surface area contributed by atoms with Crippen molar-refractivity contribution in [3.8, 4) is 0 Å². The van der Waals surface area contributed by atoms with Crippen LogP contribution < -0.4 is 34.7 Å². The van der Waals surface area contributed by atoms with Crippen LogP contribution in [-0.4, -0.2) is 25.1 Å². The van der Waals surface area contributed by atoms with Gasteiger partial charge >= 0.3 is 29.6 Å². The zero-order valence-electron chi connectivity index (χ0n) is 8.13. The van der Waals surface area contributed by atoms with Crippen LogP contribution in [-0.2, 0) is 9.47 Å². The molecule has 1 fully saturated rings. The predicted molar refractivity (Wildman–Crippen MR) is 39.0 cm³/mol. The molecule has 0 saturated carbocycles. The van der Waals surface area contributed by atoms with Crippen LogP contribution in [0.25, 0.3) is 0 Å². The van der Waals surface area contributed by atoms with E-state index in [1.165, 1.54) is 0 Å². The molecule has 0 aromatic heterocycles. The largest absolute Gasteiger partial charge is 1.00 e. The van der Waals surface area contributed by atoms with Crippen LogP contribution >= 0.6 is 0 Å². The molecule has 12 heavy (non-hydrogen) atoms. The van der Waals surface area contributed by atoms with E-state index < -0.39 is 5.79 Å². The van der Waals surface area contributed by atoms with Gasteiger partial charge in [0.05, 0.1) is 12.7 Å². The maximum atomic E-state index is 10.2. The van der Waals surface area contributed by atoms with E-state index in [2.05, 4.69) is 0 Å². The van der Waals surface area contributed by atoms with Crippen molar-refractivity contribution < 1.29 is 44.1 Å². The summed E-state index contributed by atoms with van der Waals surface area (Å²) in [6.45, 7) is 4.40. The molecule has 0 amide bonds. The molecule has 1 aliphatic rings. The standard InChI is InChI=1S/C8H15O3.Na/c1-8(2)10-6-7(11-8)4-3-5-9;/h7H,3-6H2,1-2H3;/q-1;+1. The SMILES string of the molecule is CC1(C)OCC(CCC[O-])O1.[Na+]. The molecule has 0 spiro atoms. The summed E-state index contributed by atoms with van der Waals surface area (Å²) in [5.41, 5.74) is 0. The molecule has 0 N–H and O–H groups in total. The Morgan fingerprint density at radius 3 is 2.58 bits per heavy atom. The Hall–Kier alpha value is 0.880. The van der Waals surface area contributed by atoms with Crippen LogP contribution in [0.15, 0.2) is 0 Å². The van der Waals surface area contributed by atoms with Crippen molar-refractivity contribution in [2.75, 3.05) is 13.2 Å². The average molecular weight is 182 g/mol. The molecule has 1 rings (SSSR count). The summed E-state index contributed by atoms with van der Waals surface area (Å²) in [5.74, 6) is -0.437. The van der Waals surface area contributed by atoms with Crippen molar-refractivity contribution in [1.29, 1.82) is 0 Å². The van der Waals surface area contributed by atoms with Gasteiger partial charge in [0.2, 0.25) is 0 Å². The van der Waals surface area contributed by atoms with Gasteiger partial charge in [0, 0.05) is 0 Å². The fourth-order valence-corrected chi connectivity index (χ4v) is 1.22. The summed E-state index contributed by atoms with van der Waals surface area (Å²) in [6.07, 6.45) is 1.65. The molecule has 0 bridgehead atoms. The zero-order chi connectivity index (χ0) is 8.32. The van der Waals surface area contributed by atoms with Gasteiger partial charge in [-0.05, 0) is 20.3 Å². The summed E-state index contributed by atoms with van der Waals surface area (Å²) in [7, 11) is 0. The van der Waals surface area contributed by atoms with Crippen molar-refractivity contribution in [2.24, 2.45) is 0 Å². The van der Waals surface area contributed by atoms with E-state index >= 15 is 0 Å². The summed E-state index contributed by atoms with van der Waals surface area (Å²) in [4.78, 5) is 0. The maximum absolute atomic E-state index is 10.2. The first-order valence-corrected chi connectivity index (χ1v) is 4.04. The van der Waals surface area contributed by atoms with Crippen molar-refractivity contribution in [1.82, 2.24) is 0 Å². The quantitative estimate of drug-likeness (QED) is 0.445. The van der Waals surface area contributed by atoms with Crippen LogP contribution in [0.4, 0.5) is 0 Å². The second-order valence-electron chi connectivity index (χ2n) is 3.30. The van der Waals surface area contributed by atoms with E-state index in [-0.39, 0.29) is 42.3 Å². The van der Waals surface area contributed by atoms with Gasteiger partial charge in [-0.25, -0.2) is 0 Å². The third-order valence-corrected chi connectivity index (χ3v) is 1.74. The van der Waals surface area contributed by atoms with Gasteiger partial charge < -0.3 is 14.6 Å². The Labute approximate surface area is 95.7 Å². The fourth-order valence-electron chi connectivity index (χ4n) is 1.22. The molecule has 4 heteroatoms. The van der Waals surface area contributed by atoms with Gasteiger partial charge in [0.1, 0.15) is 0 Å². The monoisotopic (exact) mass is 182 g/mol. The third kappa shape index (κ3) is 4.21. The van der Waals surface area contributed by atoms with Crippen LogP contribution in [0.5, 0.6) is 0 Å². The number of hydrogen-bond acceptors (Lipinski definition) is 3. The van der Waals surface area contributed by atoms with Crippen molar-refractivity contribution in [3.05, 3.63) is 0 Å². The second kappa shape index (κ2) is 5.58. The number of rotatable bonds is 3. The van der Waals surface area contributed by atoms with Crippen LogP contribution in [0.3, 0.4) is 0 Å². The molecule has 0 radical (unpaired) electrons. The van der Waals surface area contributed by atoms with Gasteiger partial charge in [0.25, 0.3) is 0 Å². The molecule has 0 aromatic carbocycles. The first-order valence-electron chi connectivity index (χ1n) is 4.04. The zero-order valence-corrected chi connectivity index (χ0v) is 10.1. The molecular formula is C8H15NaO3. The maximum Gasteiger partial charge on any atom is 1.00 e. The Morgan fingerprint density at radius 2 is 2.17 bits per heavy atom. The van der Waals surface area contributed by atoms with Gasteiger partial charge in [-0.3, -0.25) is 0 Å². The molecule has 1 unspecified atom stereocenters.